The number of benzene rings is 1. The molecule has 0 spiro atoms. The van der Waals surface area contributed by atoms with Gasteiger partial charge in [-0.15, -0.1) is 0 Å². The summed E-state index contributed by atoms with van der Waals surface area (Å²) >= 11 is 5.54. The van der Waals surface area contributed by atoms with E-state index < -0.39 is 0 Å². The second-order valence-electron chi connectivity index (χ2n) is 2.24. The van der Waals surface area contributed by atoms with Crippen molar-refractivity contribution in [2.75, 3.05) is 0 Å². The van der Waals surface area contributed by atoms with E-state index in [-0.39, 0.29) is 10.8 Å². The van der Waals surface area contributed by atoms with Gasteiger partial charge in [0.1, 0.15) is 5.82 Å². The molecule has 11 heavy (non-hydrogen) atoms. The number of nitrogens with two attached hydrogens (primary N) is 1. The number of hydrogen-bond acceptors (Lipinski definition) is 0. The van der Waals surface area contributed by atoms with Crippen LogP contribution in [-0.2, 0) is 6.54 Å². The predicted octanol–water partition coefficient (Wildman–Crippen LogP) is 1.33. The molecule has 0 fully saturated rings. The van der Waals surface area contributed by atoms with Gasteiger partial charge in [0.15, 0.2) is 0 Å². The monoisotopic (exact) mass is 173 g/mol. The zero-order valence-electron chi connectivity index (χ0n) is 5.98. The summed E-state index contributed by atoms with van der Waals surface area (Å²) in [5.41, 5.74) is 0.978. The van der Waals surface area contributed by atoms with Gasteiger partial charge in [0.25, 0.3) is 0 Å². The Morgan fingerprint density at radius 2 is 2.27 bits per heavy atom. The highest BCUT2D eigenvalue weighted by Gasteiger charge is 1.99. The van der Waals surface area contributed by atoms with Crippen molar-refractivity contribution >= 4 is 11.6 Å². The van der Waals surface area contributed by atoms with Crippen LogP contribution in [0.5, 0.6) is 0 Å². The maximum Gasteiger partial charge on any atom is 0.141 e. The third-order valence-electron chi connectivity index (χ3n) is 1.36. The molecule has 0 aliphatic rings. The van der Waals surface area contributed by atoms with E-state index >= 15 is 0 Å². The van der Waals surface area contributed by atoms with Crippen LogP contribution >= 0.6 is 11.6 Å². The van der Waals surface area contributed by atoms with Crippen LogP contribution in [0.3, 0.4) is 0 Å². The molecular formula is C8H9ClFN. The van der Waals surface area contributed by atoms with Gasteiger partial charge in [-0.3, -0.25) is 0 Å². The molecule has 60 valence electrons. The fourth-order valence-electron chi connectivity index (χ4n) is 0.833. The van der Waals surface area contributed by atoms with E-state index in [4.69, 9.17) is 11.6 Å². The predicted molar refractivity (Wildman–Crippen MR) is 42.4 cm³/mol. The molecule has 0 unspecified atom stereocenters. The molecule has 0 saturated heterocycles. The summed E-state index contributed by atoms with van der Waals surface area (Å²) in [6, 6.07) is 4.67. The maximum absolute atomic E-state index is 12.6. The molecule has 0 aliphatic heterocycles. The molecule has 0 amide bonds. The van der Waals surface area contributed by atoms with Crippen LogP contribution in [0.4, 0.5) is 4.39 Å². The summed E-state index contributed by atoms with van der Waals surface area (Å²) in [5.74, 6) is -0.375. The summed E-state index contributed by atoms with van der Waals surface area (Å²) in [7, 11) is 3.57. The third-order valence-corrected chi connectivity index (χ3v) is 1.65. The van der Waals surface area contributed by atoms with E-state index in [9.17, 15) is 4.39 Å². The zero-order chi connectivity index (χ0) is 8.27. The lowest BCUT2D eigenvalue weighted by Gasteiger charge is -2.01. The van der Waals surface area contributed by atoms with Crippen LogP contribution < -0.4 is 5.32 Å². The van der Waals surface area contributed by atoms with Gasteiger partial charge in [-0.25, -0.2) is 4.39 Å². The smallest absolute Gasteiger partial charge is 0.141 e. The van der Waals surface area contributed by atoms with Crippen LogP contribution in [0.1, 0.15) is 5.56 Å². The van der Waals surface area contributed by atoms with E-state index in [0.29, 0.717) is 0 Å². The fraction of sp³-hybridized carbons (Fsp3) is 0.125. The Morgan fingerprint density at radius 1 is 1.55 bits per heavy atom. The van der Waals surface area contributed by atoms with E-state index in [2.05, 4.69) is 7.05 Å². The van der Waals surface area contributed by atoms with Crippen molar-refractivity contribution < 1.29 is 9.71 Å². The SMILES string of the molecule is [CH2-][NH2+]Cc1ccc(F)c(Cl)c1. The highest BCUT2D eigenvalue weighted by atomic mass is 35.5. The second kappa shape index (κ2) is 3.69. The Morgan fingerprint density at radius 3 is 2.82 bits per heavy atom. The Kier molecular flexibility index (Phi) is 2.85. The zero-order valence-corrected chi connectivity index (χ0v) is 6.74. The normalized spacial score (nSPS) is 10.1. The van der Waals surface area contributed by atoms with Gasteiger partial charge in [-0.2, -0.15) is 7.05 Å². The summed E-state index contributed by atoms with van der Waals surface area (Å²) in [4.78, 5) is 0. The number of hydrogen-bond donors (Lipinski definition) is 1. The number of halogens is 2. The van der Waals surface area contributed by atoms with Crippen molar-refractivity contribution in [1.82, 2.24) is 0 Å². The van der Waals surface area contributed by atoms with Crippen LogP contribution in [0, 0.1) is 12.9 Å². The standard InChI is InChI=1S/C8H9ClFN/c1-11-5-6-2-3-8(10)7(9)4-6/h2-4H,1,5,11H2. The molecule has 1 aromatic rings. The van der Waals surface area contributed by atoms with Crippen molar-refractivity contribution in [1.29, 1.82) is 0 Å². The molecular weight excluding hydrogens is 165 g/mol. The van der Waals surface area contributed by atoms with Crippen LogP contribution in [0.15, 0.2) is 18.2 Å². The molecule has 0 saturated carbocycles. The number of quaternary nitrogens is 1. The first kappa shape index (κ1) is 8.50. The van der Waals surface area contributed by atoms with Crippen LogP contribution in [0.25, 0.3) is 0 Å². The third kappa shape index (κ3) is 2.17. The summed E-state index contributed by atoms with van der Waals surface area (Å²) < 4.78 is 12.6. The van der Waals surface area contributed by atoms with Gasteiger partial charge in [0.2, 0.25) is 0 Å². The molecule has 1 aromatic carbocycles. The van der Waals surface area contributed by atoms with Gasteiger partial charge in [-0.1, -0.05) is 17.7 Å². The van der Waals surface area contributed by atoms with E-state index in [1.807, 2.05) is 0 Å². The first-order chi connectivity index (χ1) is 5.24. The first-order valence-corrected chi connectivity index (χ1v) is 3.66. The summed E-state index contributed by atoms with van der Waals surface area (Å²) in [6.07, 6.45) is 0. The van der Waals surface area contributed by atoms with Gasteiger partial charge >= 0.3 is 0 Å². The Hall–Kier alpha value is -0.600. The fourth-order valence-corrected chi connectivity index (χ4v) is 1.04. The van der Waals surface area contributed by atoms with E-state index in [1.54, 1.807) is 17.4 Å². The first-order valence-electron chi connectivity index (χ1n) is 3.29. The van der Waals surface area contributed by atoms with Gasteiger partial charge in [-0.05, 0) is 12.1 Å². The lowest BCUT2D eigenvalue weighted by atomic mass is 10.2. The van der Waals surface area contributed by atoms with Crippen molar-refractivity contribution in [3.05, 3.63) is 41.7 Å². The summed E-state index contributed by atoms with van der Waals surface area (Å²) in [5, 5.41) is 1.92. The molecule has 0 heterocycles. The molecule has 0 atom stereocenters. The highest BCUT2D eigenvalue weighted by Crippen LogP contribution is 2.14. The maximum atomic E-state index is 12.6. The molecule has 0 bridgehead atoms. The van der Waals surface area contributed by atoms with Crippen molar-refractivity contribution in [2.24, 2.45) is 0 Å². The average Bonchev–Trinajstić information content (AvgIpc) is 1.98. The minimum atomic E-state index is -0.375. The largest absolute Gasteiger partial charge is 0.475 e. The Bertz CT molecular complexity index is 250. The molecule has 0 aromatic heterocycles. The van der Waals surface area contributed by atoms with Crippen LogP contribution in [-0.4, -0.2) is 0 Å². The Balaban J connectivity index is 2.86. The van der Waals surface area contributed by atoms with Crippen LogP contribution in [0.2, 0.25) is 5.02 Å². The molecule has 2 N–H and O–H groups in total. The minimum Gasteiger partial charge on any atom is -0.475 e. The topological polar surface area (TPSA) is 16.6 Å². The molecule has 0 aliphatic carbocycles. The van der Waals surface area contributed by atoms with Gasteiger partial charge in [0.05, 0.1) is 11.6 Å². The van der Waals surface area contributed by atoms with Gasteiger partial charge in [0, 0.05) is 5.56 Å². The molecule has 1 rings (SSSR count). The summed E-state index contributed by atoms with van der Waals surface area (Å²) in [6.45, 7) is 0.722. The van der Waals surface area contributed by atoms with E-state index in [1.165, 1.54) is 6.07 Å². The average molecular weight is 174 g/mol. The lowest BCUT2D eigenvalue weighted by molar-refractivity contribution is -0.612. The van der Waals surface area contributed by atoms with Crippen molar-refractivity contribution in [3.63, 3.8) is 0 Å². The second-order valence-corrected chi connectivity index (χ2v) is 2.65. The number of rotatable bonds is 2. The Labute approximate surface area is 70.2 Å². The van der Waals surface area contributed by atoms with Crippen molar-refractivity contribution in [2.45, 2.75) is 6.54 Å². The van der Waals surface area contributed by atoms with Gasteiger partial charge < -0.3 is 5.32 Å². The molecule has 1 nitrogen and oxygen atoms in total. The lowest BCUT2D eigenvalue weighted by Crippen LogP contribution is -2.74. The molecule has 3 heteroatoms. The quantitative estimate of drug-likeness (QED) is 0.650. The minimum absolute atomic E-state index is 0.171. The van der Waals surface area contributed by atoms with E-state index in [0.717, 1.165) is 12.1 Å². The van der Waals surface area contributed by atoms with Crippen molar-refractivity contribution in [3.8, 4) is 0 Å². The molecule has 0 radical (unpaired) electrons. The highest BCUT2D eigenvalue weighted by molar-refractivity contribution is 6.30.